The number of fused-ring (bicyclic) bond motifs is 6. The molecule has 0 fully saturated rings. The van der Waals surface area contributed by atoms with Crippen molar-refractivity contribution in [3.05, 3.63) is 230 Å². The van der Waals surface area contributed by atoms with E-state index in [2.05, 4.69) is 273 Å². The Bertz CT molecular complexity index is 3810. The number of hydrogen-bond donors (Lipinski definition) is 1. The average molecular weight is 948 g/mol. The first-order valence-electron chi connectivity index (χ1n) is 24.8. The van der Waals surface area contributed by atoms with E-state index in [1.54, 1.807) is 0 Å². The minimum atomic E-state index is -2.90. The van der Waals surface area contributed by atoms with Crippen molar-refractivity contribution < 1.29 is 4.74 Å². The maximum Gasteiger partial charge on any atom is 0.185 e. The third-order valence-electron chi connectivity index (χ3n) is 15.0. The average Bonchev–Trinajstić information content (AvgIpc) is 3.91. The van der Waals surface area contributed by atoms with Gasteiger partial charge in [-0.1, -0.05) is 166 Å². The van der Waals surface area contributed by atoms with E-state index in [1.807, 2.05) is 6.20 Å². The van der Waals surface area contributed by atoms with Gasteiger partial charge in [-0.2, -0.15) is 0 Å². The summed E-state index contributed by atoms with van der Waals surface area (Å²) >= 11 is 0. The fourth-order valence-corrected chi connectivity index (χ4v) is 17.4. The van der Waals surface area contributed by atoms with E-state index in [-0.39, 0.29) is 5.41 Å². The third kappa shape index (κ3) is 6.72. The lowest BCUT2D eigenvalue weighted by molar-refractivity contribution is 0.484. The predicted molar refractivity (Wildman–Crippen MR) is 304 cm³/mol. The number of rotatable bonds is 9. The zero-order valence-electron chi connectivity index (χ0n) is 41.1. The number of ether oxygens (including phenoxy) is 1. The van der Waals surface area contributed by atoms with Gasteiger partial charge in [0.1, 0.15) is 17.3 Å². The fourth-order valence-electron chi connectivity index (χ4n) is 11.8. The lowest BCUT2D eigenvalue weighted by Gasteiger charge is -2.42. The first-order chi connectivity index (χ1) is 35.2. The highest BCUT2D eigenvalue weighted by atomic mass is 28.3. The molecule has 0 bridgehead atoms. The van der Waals surface area contributed by atoms with Crippen molar-refractivity contribution in [3.63, 3.8) is 0 Å². The van der Waals surface area contributed by atoms with Crippen molar-refractivity contribution in [3.8, 4) is 39.6 Å². The Hall–Kier alpha value is -8.65. The molecule has 0 saturated heterocycles. The molecule has 11 aromatic rings. The summed E-state index contributed by atoms with van der Waals surface area (Å²) in [6.45, 7) is 6.79. The normalized spacial score (nSPS) is 13.2. The van der Waals surface area contributed by atoms with E-state index in [0.717, 1.165) is 73.4 Å². The highest BCUT2D eigenvalue weighted by molar-refractivity contribution is 7.24. The summed E-state index contributed by atoms with van der Waals surface area (Å²) in [5.74, 6) is 2.43. The maximum absolute atomic E-state index is 7.19. The van der Waals surface area contributed by atoms with E-state index in [4.69, 9.17) is 9.72 Å². The molecule has 0 amide bonds. The molecule has 1 spiro atoms. The molecule has 2 aliphatic heterocycles. The molecule has 72 heavy (non-hydrogen) atoms. The molecular weight excluding hydrogens is 895 g/mol. The number of para-hydroxylation sites is 5. The number of hydrogen-bond acceptors (Lipinski definition) is 5. The second kappa shape index (κ2) is 16.8. The predicted octanol–water partition coefficient (Wildman–Crippen LogP) is 13.9. The Morgan fingerprint density at radius 1 is 0.528 bits per heavy atom. The van der Waals surface area contributed by atoms with Gasteiger partial charge >= 0.3 is 0 Å². The topological polar surface area (TPSA) is 45.6 Å². The van der Waals surface area contributed by atoms with Crippen LogP contribution in [0.25, 0.3) is 49.9 Å². The summed E-state index contributed by atoms with van der Waals surface area (Å²) < 4.78 is 9.57. The summed E-state index contributed by atoms with van der Waals surface area (Å²) in [6, 6.07) is 78.9. The van der Waals surface area contributed by atoms with Crippen molar-refractivity contribution in [2.24, 2.45) is 0 Å². The molecule has 4 heterocycles. The van der Waals surface area contributed by atoms with Gasteiger partial charge in [-0.25, -0.2) is 4.98 Å². The molecule has 2 aliphatic rings. The molecule has 2 aromatic heterocycles. The lowest BCUT2D eigenvalue weighted by atomic mass is 9.88. The largest absolute Gasteiger partial charge is 0.457 e. The van der Waals surface area contributed by atoms with Gasteiger partial charge in [0.15, 0.2) is 8.07 Å². The number of pyridine rings is 1. The van der Waals surface area contributed by atoms with E-state index in [9.17, 15) is 0 Å². The van der Waals surface area contributed by atoms with Crippen LogP contribution in [0.4, 0.5) is 34.1 Å². The van der Waals surface area contributed by atoms with Gasteiger partial charge in [-0.05, 0) is 104 Å². The molecule has 0 saturated carbocycles. The Morgan fingerprint density at radius 3 is 1.82 bits per heavy atom. The minimum absolute atomic E-state index is 0.0522. The van der Waals surface area contributed by atoms with Crippen LogP contribution in [-0.2, 0) is 5.41 Å². The molecule has 6 nitrogen and oxygen atoms in total. The summed E-state index contributed by atoms with van der Waals surface area (Å²) in [7, 11) is 1.48. The van der Waals surface area contributed by atoms with E-state index in [0.29, 0.717) is 0 Å². The first kappa shape index (κ1) is 43.4. The number of nitrogens with one attached hydrogen (secondary N) is 1. The van der Waals surface area contributed by atoms with Gasteiger partial charge in [0.2, 0.25) is 0 Å². The van der Waals surface area contributed by atoms with Crippen molar-refractivity contribution in [2.75, 3.05) is 29.2 Å². The van der Waals surface area contributed by atoms with Crippen LogP contribution in [-0.4, -0.2) is 31.7 Å². The zero-order chi connectivity index (χ0) is 48.7. The molecule has 0 aliphatic carbocycles. The SMILES string of the molecule is CN1c2ccccc2[Si]2(c3ccccc31)c1cccc3c1c1c2cc(Oc2cccc(Nc4ccccc4N(C)c4c(-c5ccccc5)cccc4-c4ccccc4)c2)cc1n3-c1cc(C(C)(C)C)ccn1. The summed E-state index contributed by atoms with van der Waals surface area (Å²) in [5.41, 5.74) is 14.7. The van der Waals surface area contributed by atoms with Gasteiger partial charge in [0.05, 0.1) is 28.1 Å². The number of benzene rings is 9. The second-order valence-corrected chi connectivity index (χ2v) is 23.8. The molecule has 1 N–H and O–H groups in total. The summed E-state index contributed by atoms with van der Waals surface area (Å²) in [6.07, 6.45) is 1.96. The molecule has 0 unspecified atom stereocenters. The van der Waals surface area contributed by atoms with Gasteiger partial charge in [-0.15, -0.1) is 0 Å². The Morgan fingerprint density at radius 2 is 1.12 bits per heavy atom. The molecule has 348 valence electrons. The van der Waals surface area contributed by atoms with Gasteiger partial charge < -0.3 is 19.9 Å². The van der Waals surface area contributed by atoms with Crippen LogP contribution in [0, 0.1) is 0 Å². The van der Waals surface area contributed by atoms with Crippen LogP contribution in [0.2, 0.25) is 0 Å². The molecule has 9 aromatic carbocycles. The van der Waals surface area contributed by atoms with Crippen LogP contribution in [0.1, 0.15) is 26.3 Å². The molecule has 0 atom stereocenters. The minimum Gasteiger partial charge on any atom is -0.457 e. The van der Waals surface area contributed by atoms with E-state index < -0.39 is 8.07 Å². The van der Waals surface area contributed by atoms with Crippen molar-refractivity contribution in [2.45, 2.75) is 26.2 Å². The Labute approximate surface area is 422 Å². The standard InChI is InChI=1S/C65H53N5OSi/c1-65(2,3)45-37-38-66-61(39-45)70-55-33-20-36-59-62(55)63-56(70)41-48(42-60(63)72(59)57-34-16-14-31-53(57)68(4)54-32-15-17-35-58(54)72)71-47-26-18-25-46(40-47)67-51-29-12-13-30-52(51)69(5)64-49(43-21-8-6-9-22-43)27-19-28-50(64)44-23-10-7-11-24-44/h6-42,67H,1-5H3. The van der Waals surface area contributed by atoms with E-state index in [1.165, 1.54) is 48.5 Å². The van der Waals surface area contributed by atoms with Gasteiger partial charge in [0, 0.05) is 71.4 Å². The lowest BCUT2D eigenvalue weighted by Crippen LogP contribution is -2.75. The molecular formula is C65H53N5OSi. The number of aromatic nitrogens is 2. The van der Waals surface area contributed by atoms with Gasteiger partial charge in [-0.3, -0.25) is 4.57 Å². The molecule has 7 heteroatoms. The van der Waals surface area contributed by atoms with Crippen LogP contribution >= 0.6 is 0 Å². The first-order valence-corrected chi connectivity index (χ1v) is 26.8. The number of nitrogens with zero attached hydrogens (tertiary/aromatic N) is 4. The van der Waals surface area contributed by atoms with Crippen molar-refractivity contribution >= 4 is 84.8 Å². The Kier molecular flexibility index (Phi) is 10.1. The van der Waals surface area contributed by atoms with Crippen LogP contribution < -0.4 is 40.6 Å². The summed E-state index contributed by atoms with van der Waals surface area (Å²) in [4.78, 5) is 9.79. The quantitative estimate of drug-likeness (QED) is 0.146. The van der Waals surface area contributed by atoms with E-state index >= 15 is 0 Å². The van der Waals surface area contributed by atoms with Crippen LogP contribution in [0.3, 0.4) is 0 Å². The monoisotopic (exact) mass is 947 g/mol. The molecule has 13 rings (SSSR count). The zero-order valence-corrected chi connectivity index (χ0v) is 42.1. The van der Waals surface area contributed by atoms with Crippen molar-refractivity contribution in [1.82, 2.24) is 9.55 Å². The Balaban J connectivity index is 0.943. The van der Waals surface area contributed by atoms with Crippen LogP contribution in [0.5, 0.6) is 11.5 Å². The highest BCUT2D eigenvalue weighted by Crippen LogP contribution is 2.46. The molecule has 0 radical (unpaired) electrons. The highest BCUT2D eigenvalue weighted by Gasteiger charge is 2.53. The van der Waals surface area contributed by atoms with Gasteiger partial charge in [0.25, 0.3) is 0 Å². The fraction of sp³-hybridized carbons (Fsp3) is 0.0923. The smallest absolute Gasteiger partial charge is 0.185 e. The third-order valence-corrected chi connectivity index (χ3v) is 19.9. The maximum atomic E-state index is 7.19. The van der Waals surface area contributed by atoms with Crippen LogP contribution in [0.15, 0.2) is 225 Å². The second-order valence-electron chi connectivity index (χ2n) is 20.2. The number of anilines is 6. The van der Waals surface area contributed by atoms with Crippen molar-refractivity contribution in [1.29, 1.82) is 0 Å². The summed E-state index contributed by atoms with van der Waals surface area (Å²) in [5, 5.41) is 12.0.